The third kappa shape index (κ3) is 3.63. The molecule has 2 heterocycles. The maximum absolute atomic E-state index is 12.3. The number of aliphatic hydroxyl groups excluding tert-OH is 1. The molecule has 0 aromatic carbocycles. The molecule has 2 aromatic rings. The third-order valence-corrected chi connectivity index (χ3v) is 3.78. The van der Waals surface area contributed by atoms with Crippen LogP contribution in [0.1, 0.15) is 54.0 Å². The summed E-state index contributed by atoms with van der Waals surface area (Å²) in [6, 6.07) is 1.36. The van der Waals surface area contributed by atoms with Gasteiger partial charge in [-0.25, -0.2) is 9.59 Å². The summed E-state index contributed by atoms with van der Waals surface area (Å²) in [6.07, 6.45) is 0. The van der Waals surface area contributed by atoms with Crippen LogP contribution in [-0.2, 0) is 16.1 Å². The third-order valence-electron chi connectivity index (χ3n) is 3.78. The second-order valence-corrected chi connectivity index (χ2v) is 5.46. The number of carbonyl (C=O) groups excluding carboxylic acids is 3. The summed E-state index contributed by atoms with van der Waals surface area (Å²) >= 11 is 0. The molecule has 0 saturated heterocycles. The number of aromatic amines is 1. The number of Topliss-reactive ketones (excluding diaryl/α,β-unsaturated/α-hetero) is 1. The minimum absolute atomic E-state index is 0.145. The van der Waals surface area contributed by atoms with E-state index in [0.717, 1.165) is 0 Å². The molecule has 0 amide bonds. The predicted octanol–water partition coefficient (Wildman–Crippen LogP) is 1.85. The second kappa shape index (κ2) is 7.35. The number of rotatable bonds is 6. The van der Waals surface area contributed by atoms with Gasteiger partial charge in [-0.1, -0.05) is 0 Å². The van der Waals surface area contributed by atoms with E-state index < -0.39 is 24.3 Å². The first-order chi connectivity index (χ1) is 11.8. The number of nitrogens with one attached hydrogen (secondary N) is 1. The van der Waals surface area contributed by atoms with Crippen LogP contribution in [0.25, 0.3) is 0 Å². The van der Waals surface area contributed by atoms with Crippen LogP contribution in [0.3, 0.4) is 0 Å². The molecule has 2 N–H and O–H groups in total. The number of aromatic nitrogens is 1. The first-order valence-electron chi connectivity index (χ1n) is 7.48. The van der Waals surface area contributed by atoms with Crippen LogP contribution < -0.4 is 0 Å². The van der Waals surface area contributed by atoms with Crippen molar-refractivity contribution in [1.29, 1.82) is 0 Å². The molecule has 0 aliphatic rings. The molecular formula is C17H19NO7. The average molecular weight is 349 g/mol. The highest BCUT2D eigenvalue weighted by molar-refractivity contribution is 6.03. The van der Waals surface area contributed by atoms with E-state index in [4.69, 9.17) is 14.3 Å². The Labute approximate surface area is 143 Å². The summed E-state index contributed by atoms with van der Waals surface area (Å²) in [5.74, 6) is -1.24. The van der Waals surface area contributed by atoms with Crippen molar-refractivity contribution in [2.24, 2.45) is 0 Å². The number of carbonyl (C=O) groups is 3. The summed E-state index contributed by atoms with van der Waals surface area (Å²) in [5, 5.41) is 9.01. The van der Waals surface area contributed by atoms with Crippen molar-refractivity contribution < 1.29 is 33.4 Å². The minimum atomic E-state index is -0.733. The largest absolute Gasteiger partial charge is 0.465 e. The van der Waals surface area contributed by atoms with Gasteiger partial charge in [-0.2, -0.15) is 0 Å². The lowest BCUT2D eigenvalue weighted by molar-refractivity contribution is 0.0471. The van der Waals surface area contributed by atoms with E-state index in [-0.39, 0.29) is 29.2 Å². The lowest BCUT2D eigenvalue weighted by Gasteiger charge is -2.04. The number of hydrogen-bond acceptors (Lipinski definition) is 7. The summed E-state index contributed by atoms with van der Waals surface area (Å²) in [7, 11) is 1.26. The first-order valence-corrected chi connectivity index (χ1v) is 7.48. The Balaban J connectivity index is 2.11. The smallest absolute Gasteiger partial charge is 0.342 e. The van der Waals surface area contributed by atoms with Gasteiger partial charge in [0.1, 0.15) is 23.7 Å². The zero-order valence-electron chi connectivity index (χ0n) is 14.4. The monoisotopic (exact) mass is 349 g/mol. The van der Waals surface area contributed by atoms with Gasteiger partial charge in [-0.15, -0.1) is 0 Å². The summed E-state index contributed by atoms with van der Waals surface area (Å²) in [5.41, 5.74) is 1.55. The number of methoxy groups -OCH3 is 1. The predicted molar refractivity (Wildman–Crippen MR) is 85.6 cm³/mol. The van der Waals surface area contributed by atoms with Crippen molar-refractivity contribution in [3.63, 3.8) is 0 Å². The summed E-state index contributed by atoms with van der Waals surface area (Å²) < 4.78 is 14.9. The molecule has 2 rings (SSSR count). The van der Waals surface area contributed by atoms with Crippen LogP contribution in [0.15, 0.2) is 10.5 Å². The molecule has 0 saturated carbocycles. The van der Waals surface area contributed by atoms with Crippen molar-refractivity contribution >= 4 is 17.7 Å². The van der Waals surface area contributed by atoms with Crippen molar-refractivity contribution in [3.8, 4) is 0 Å². The molecule has 0 unspecified atom stereocenters. The SMILES string of the molecule is COC(=O)c1c(C)[nH]c(C(=O)COC(=O)c2cc(CO)oc2C)c1C. The molecule has 0 radical (unpaired) electrons. The number of aryl methyl sites for hydroxylation is 2. The molecule has 134 valence electrons. The number of furan rings is 1. The van der Waals surface area contributed by atoms with Gasteiger partial charge < -0.3 is 24.0 Å². The van der Waals surface area contributed by atoms with Gasteiger partial charge in [0, 0.05) is 5.69 Å². The highest BCUT2D eigenvalue weighted by Gasteiger charge is 2.24. The Hall–Kier alpha value is -2.87. The van der Waals surface area contributed by atoms with E-state index in [2.05, 4.69) is 9.72 Å². The lowest BCUT2D eigenvalue weighted by Crippen LogP contribution is -2.15. The lowest BCUT2D eigenvalue weighted by atomic mass is 10.1. The molecule has 0 bridgehead atoms. The fourth-order valence-electron chi connectivity index (χ4n) is 2.54. The van der Waals surface area contributed by atoms with E-state index in [1.807, 2.05) is 0 Å². The summed E-state index contributed by atoms with van der Waals surface area (Å²) in [4.78, 5) is 38.9. The van der Waals surface area contributed by atoms with Crippen molar-refractivity contribution in [3.05, 3.63) is 45.7 Å². The van der Waals surface area contributed by atoms with Crippen molar-refractivity contribution in [2.45, 2.75) is 27.4 Å². The standard InChI is InChI=1S/C17H19NO7/c1-8-14(17(22)23-4)9(2)18-15(8)13(20)7-24-16(21)12-5-11(6-19)25-10(12)3/h5,18-19H,6-7H2,1-4H3. The fraction of sp³-hybridized carbons (Fsp3) is 0.353. The van der Waals surface area contributed by atoms with Crippen LogP contribution in [0.2, 0.25) is 0 Å². The van der Waals surface area contributed by atoms with Gasteiger partial charge in [-0.3, -0.25) is 4.79 Å². The maximum Gasteiger partial charge on any atom is 0.342 e. The molecule has 0 aliphatic heterocycles. The highest BCUT2D eigenvalue weighted by atomic mass is 16.5. The average Bonchev–Trinajstić information content (AvgIpc) is 3.11. The number of esters is 2. The van der Waals surface area contributed by atoms with Crippen molar-refractivity contribution in [2.75, 3.05) is 13.7 Å². The van der Waals surface area contributed by atoms with E-state index >= 15 is 0 Å². The molecule has 8 nitrogen and oxygen atoms in total. The van der Waals surface area contributed by atoms with Crippen LogP contribution in [0.4, 0.5) is 0 Å². The Morgan fingerprint density at radius 1 is 1.20 bits per heavy atom. The summed E-state index contributed by atoms with van der Waals surface area (Å²) in [6.45, 7) is 3.97. The number of hydrogen-bond donors (Lipinski definition) is 2. The van der Waals surface area contributed by atoms with Gasteiger partial charge in [-0.05, 0) is 32.4 Å². The quantitative estimate of drug-likeness (QED) is 0.603. The topological polar surface area (TPSA) is 119 Å². The second-order valence-electron chi connectivity index (χ2n) is 5.46. The molecule has 8 heteroatoms. The molecule has 0 aliphatic carbocycles. The first kappa shape index (κ1) is 18.5. The zero-order valence-corrected chi connectivity index (χ0v) is 14.4. The van der Waals surface area contributed by atoms with E-state index in [1.54, 1.807) is 20.8 Å². The van der Waals surface area contributed by atoms with Gasteiger partial charge in [0.15, 0.2) is 6.61 Å². The van der Waals surface area contributed by atoms with Gasteiger partial charge in [0.25, 0.3) is 0 Å². The Morgan fingerprint density at radius 2 is 1.88 bits per heavy atom. The number of ether oxygens (including phenoxy) is 2. The van der Waals surface area contributed by atoms with E-state index in [1.165, 1.54) is 13.2 Å². The molecule has 0 fully saturated rings. The van der Waals surface area contributed by atoms with Crippen molar-refractivity contribution in [1.82, 2.24) is 4.98 Å². The van der Waals surface area contributed by atoms with Crippen LogP contribution in [-0.4, -0.2) is 41.5 Å². The normalized spacial score (nSPS) is 10.6. The van der Waals surface area contributed by atoms with E-state index in [0.29, 0.717) is 17.0 Å². The van der Waals surface area contributed by atoms with Crippen LogP contribution in [0.5, 0.6) is 0 Å². The molecular weight excluding hydrogens is 330 g/mol. The van der Waals surface area contributed by atoms with Crippen LogP contribution in [0, 0.1) is 20.8 Å². The highest BCUT2D eigenvalue weighted by Crippen LogP contribution is 2.20. The maximum atomic E-state index is 12.3. The number of aliphatic hydroxyl groups is 1. The molecule has 2 aromatic heterocycles. The number of H-pyrrole nitrogens is 1. The Kier molecular flexibility index (Phi) is 5.43. The number of ketones is 1. The van der Waals surface area contributed by atoms with Gasteiger partial charge >= 0.3 is 11.9 Å². The Morgan fingerprint density at radius 3 is 2.44 bits per heavy atom. The molecule has 25 heavy (non-hydrogen) atoms. The zero-order chi connectivity index (χ0) is 18.7. The molecule has 0 atom stereocenters. The van der Waals surface area contributed by atoms with Gasteiger partial charge in [0.05, 0.1) is 18.4 Å². The van der Waals surface area contributed by atoms with Crippen LogP contribution >= 0.6 is 0 Å². The minimum Gasteiger partial charge on any atom is -0.465 e. The fourth-order valence-corrected chi connectivity index (χ4v) is 2.54. The van der Waals surface area contributed by atoms with Gasteiger partial charge in [0.2, 0.25) is 5.78 Å². The Bertz CT molecular complexity index is 828. The van der Waals surface area contributed by atoms with E-state index in [9.17, 15) is 14.4 Å². The molecule has 0 spiro atoms.